The van der Waals surface area contributed by atoms with Crippen molar-refractivity contribution in [2.24, 2.45) is 0 Å². The number of aryl methyl sites for hydroxylation is 1. The average Bonchev–Trinajstić information content (AvgIpc) is 2.70. The number of aromatic nitrogens is 1. The molecular weight excluding hydrogens is 294 g/mol. The van der Waals surface area contributed by atoms with Gasteiger partial charge in [0.25, 0.3) is 5.91 Å². The molecule has 2 atom stereocenters. The average molecular weight is 314 g/mol. The maximum Gasteiger partial charge on any atom is 0.268 e. The summed E-state index contributed by atoms with van der Waals surface area (Å²) in [7, 11) is 0. The third-order valence-corrected chi connectivity index (χ3v) is 3.83. The van der Waals surface area contributed by atoms with Crippen molar-refractivity contribution in [2.45, 2.75) is 45.3 Å². The Bertz CT molecular complexity index is 430. The second kappa shape index (κ2) is 5.89. The molecule has 0 aliphatic carbocycles. The van der Waals surface area contributed by atoms with Gasteiger partial charge in [-0.15, -0.1) is 0 Å². The van der Waals surface area contributed by atoms with E-state index in [0.29, 0.717) is 6.04 Å². The van der Waals surface area contributed by atoms with Crippen LogP contribution in [0.4, 0.5) is 0 Å². The first kappa shape index (κ1) is 13.6. The summed E-state index contributed by atoms with van der Waals surface area (Å²) in [6, 6.07) is 2.64. The molecule has 0 radical (unpaired) electrons. The van der Waals surface area contributed by atoms with E-state index in [1.807, 2.05) is 23.8 Å². The Morgan fingerprint density at radius 2 is 2.44 bits per heavy atom. The van der Waals surface area contributed by atoms with Gasteiger partial charge in [0.15, 0.2) is 0 Å². The number of rotatable bonds is 3. The van der Waals surface area contributed by atoms with Crippen LogP contribution in [-0.4, -0.2) is 29.1 Å². The van der Waals surface area contributed by atoms with E-state index in [2.05, 4.69) is 33.5 Å². The fourth-order valence-corrected chi connectivity index (χ4v) is 2.91. The van der Waals surface area contributed by atoms with Crippen LogP contribution in [-0.2, 0) is 6.54 Å². The third kappa shape index (κ3) is 3.14. The van der Waals surface area contributed by atoms with Gasteiger partial charge in [-0.25, -0.2) is 0 Å². The Kier molecular flexibility index (Phi) is 4.45. The molecule has 18 heavy (non-hydrogen) atoms. The zero-order valence-electron chi connectivity index (χ0n) is 10.9. The lowest BCUT2D eigenvalue weighted by Gasteiger charge is -2.28. The van der Waals surface area contributed by atoms with Gasteiger partial charge in [-0.2, -0.15) is 0 Å². The van der Waals surface area contributed by atoms with E-state index in [-0.39, 0.29) is 11.9 Å². The van der Waals surface area contributed by atoms with Gasteiger partial charge in [0, 0.05) is 29.3 Å². The van der Waals surface area contributed by atoms with Crippen molar-refractivity contribution in [3.8, 4) is 0 Å². The van der Waals surface area contributed by atoms with Gasteiger partial charge in [0.1, 0.15) is 5.69 Å². The maximum atomic E-state index is 12.2. The van der Waals surface area contributed by atoms with E-state index < -0.39 is 0 Å². The molecule has 2 unspecified atom stereocenters. The molecule has 0 bridgehead atoms. The summed E-state index contributed by atoms with van der Waals surface area (Å²) < 4.78 is 2.91. The number of halogens is 1. The molecule has 1 aliphatic heterocycles. The number of carbonyl (C=O) groups excluding carboxylic acids is 1. The van der Waals surface area contributed by atoms with Crippen molar-refractivity contribution in [1.29, 1.82) is 0 Å². The van der Waals surface area contributed by atoms with Crippen molar-refractivity contribution < 1.29 is 4.79 Å². The van der Waals surface area contributed by atoms with Crippen LogP contribution < -0.4 is 10.6 Å². The van der Waals surface area contributed by atoms with Gasteiger partial charge in [0.2, 0.25) is 0 Å². The molecule has 2 N–H and O–H groups in total. The van der Waals surface area contributed by atoms with Gasteiger partial charge >= 0.3 is 0 Å². The molecule has 1 aromatic heterocycles. The molecule has 1 aromatic rings. The van der Waals surface area contributed by atoms with Crippen molar-refractivity contribution in [1.82, 2.24) is 15.2 Å². The molecule has 1 amide bonds. The molecule has 2 rings (SSSR count). The van der Waals surface area contributed by atoms with E-state index in [1.165, 1.54) is 0 Å². The van der Waals surface area contributed by atoms with Crippen molar-refractivity contribution in [3.63, 3.8) is 0 Å². The van der Waals surface area contributed by atoms with Gasteiger partial charge in [0.05, 0.1) is 0 Å². The number of nitrogens with one attached hydrogen (secondary N) is 2. The predicted molar refractivity (Wildman–Crippen MR) is 75.8 cm³/mol. The third-order valence-electron chi connectivity index (χ3n) is 3.40. The number of nitrogens with zero attached hydrogens (tertiary/aromatic N) is 1. The normalized spacial score (nSPS) is 23.9. The highest BCUT2D eigenvalue weighted by Gasteiger charge is 2.21. The number of hydrogen-bond acceptors (Lipinski definition) is 2. The van der Waals surface area contributed by atoms with Gasteiger partial charge < -0.3 is 15.2 Å². The monoisotopic (exact) mass is 313 g/mol. The van der Waals surface area contributed by atoms with E-state index >= 15 is 0 Å². The Balaban J connectivity index is 2.02. The Labute approximate surface area is 116 Å². The molecule has 1 saturated heterocycles. The molecule has 4 nitrogen and oxygen atoms in total. The van der Waals surface area contributed by atoms with Crippen molar-refractivity contribution >= 4 is 21.8 Å². The first-order chi connectivity index (χ1) is 8.60. The molecular formula is C13H20BrN3O. The zero-order valence-corrected chi connectivity index (χ0v) is 12.5. The van der Waals surface area contributed by atoms with Crippen LogP contribution in [0.25, 0.3) is 0 Å². The SMILES string of the molecule is CCn1cc(Br)cc1C(=O)NC1CCNC(C)C1. The minimum absolute atomic E-state index is 0.0293. The lowest BCUT2D eigenvalue weighted by atomic mass is 10.0. The van der Waals surface area contributed by atoms with E-state index in [9.17, 15) is 4.79 Å². The number of amides is 1. The topological polar surface area (TPSA) is 46.1 Å². The van der Waals surface area contributed by atoms with E-state index in [1.54, 1.807) is 0 Å². The van der Waals surface area contributed by atoms with Crippen LogP contribution in [0.1, 0.15) is 37.2 Å². The first-order valence-electron chi connectivity index (χ1n) is 6.50. The molecule has 100 valence electrons. The molecule has 5 heteroatoms. The standard InChI is InChI=1S/C13H20BrN3O/c1-3-17-8-10(14)7-12(17)13(18)16-11-4-5-15-9(2)6-11/h7-9,11,15H,3-6H2,1-2H3,(H,16,18). The summed E-state index contributed by atoms with van der Waals surface area (Å²) in [5.41, 5.74) is 0.732. The van der Waals surface area contributed by atoms with Gasteiger partial charge in [-0.05, 0) is 55.2 Å². The second-order valence-electron chi connectivity index (χ2n) is 4.88. The summed E-state index contributed by atoms with van der Waals surface area (Å²) in [6.07, 6.45) is 3.95. The smallest absolute Gasteiger partial charge is 0.268 e. The molecule has 0 spiro atoms. The lowest BCUT2D eigenvalue weighted by Crippen LogP contribution is -2.46. The highest BCUT2D eigenvalue weighted by atomic mass is 79.9. The van der Waals surface area contributed by atoms with Crippen LogP contribution in [0, 0.1) is 0 Å². The highest BCUT2D eigenvalue weighted by Crippen LogP contribution is 2.16. The largest absolute Gasteiger partial charge is 0.348 e. The molecule has 0 saturated carbocycles. The minimum Gasteiger partial charge on any atom is -0.348 e. The van der Waals surface area contributed by atoms with Gasteiger partial charge in [-0.1, -0.05) is 0 Å². The number of hydrogen-bond donors (Lipinski definition) is 2. The Morgan fingerprint density at radius 3 is 3.11 bits per heavy atom. The van der Waals surface area contributed by atoms with Crippen molar-refractivity contribution in [2.75, 3.05) is 6.54 Å². The summed E-state index contributed by atoms with van der Waals surface area (Å²) in [5.74, 6) is 0.0293. The summed E-state index contributed by atoms with van der Waals surface area (Å²) >= 11 is 3.42. The molecule has 1 aliphatic rings. The first-order valence-corrected chi connectivity index (χ1v) is 7.29. The van der Waals surface area contributed by atoms with Gasteiger partial charge in [-0.3, -0.25) is 4.79 Å². The molecule has 1 fully saturated rings. The minimum atomic E-state index is 0.0293. The second-order valence-corrected chi connectivity index (χ2v) is 5.80. The van der Waals surface area contributed by atoms with E-state index in [0.717, 1.165) is 36.1 Å². The molecule has 0 aromatic carbocycles. The van der Waals surface area contributed by atoms with Crippen LogP contribution in [0.5, 0.6) is 0 Å². The van der Waals surface area contributed by atoms with Crippen LogP contribution in [0.15, 0.2) is 16.7 Å². The summed E-state index contributed by atoms with van der Waals surface area (Å²) in [6.45, 7) is 5.97. The zero-order chi connectivity index (χ0) is 13.1. The summed E-state index contributed by atoms with van der Waals surface area (Å²) in [4.78, 5) is 12.2. The Hall–Kier alpha value is -0.810. The van der Waals surface area contributed by atoms with Crippen LogP contribution in [0.2, 0.25) is 0 Å². The lowest BCUT2D eigenvalue weighted by molar-refractivity contribution is 0.0916. The fourth-order valence-electron chi connectivity index (χ4n) is 2.45. The fraction of sp³-hybridized carbons (Fsp3) is 0.615. The van der Waals surface area contributed by atoms with Crippen molar-refractivity contribution in [3.05, 3.63) is 22.4 Å². The number of piperidine rings is 1. The maximum absolute atomic E-state index is 12.2. The molecule has 2 heterocycles. The Morgan fingerprint density at radius 1 is 1.67 bits per heavy atom. The predicted octanol–water partition coefficient (Wildman–Crippen LogP) is 2.14. The summed E-state index contributed by atoms with van der Waals surface area (Å²) in [5, 5.41) is 6.52. The highest BCUT2D eigenvalue weighted by molar-refractivity contribution is 9.10. The quantitative estimate of drug-likeness (QED) is 0.898. The van der Waals surface area contributed by atoms with Crippen LogP contribution in [0.3, 0.4) is 0 Å². The number of carbonyl (C=O) groups is 1. The van der Waals surface area contributed by atoms with Crippen LogP contribution >= 0.6 is 15.9 Å². The van der Waals surface area contributed by atoms with E-state index in [4.69, 9.17) is 0 Å².